The summed E-state index contributed by atoms with van der Waals surface area (Å²) in [6, 6.07) is 6.33. The first kappa shape index (κ1) is 14.7. The molecule has 1 heterocycles. The number of ether oxygens (including phenoxy) is 1. The van der Waals surface area contributed by atoms with E-state index in [0.29, 0.717) is 0 Å². The Kier molecular flexibility index (Phi) is 3.45. The lowest BCUT2D eigenvalue weighted by Gasteiger charge is -2.38. The molecule has 0 saturated carbocycles. The van der Waals surface area contributed by atoms with Crippen molar-refractivity contribution < 1.29 is 13.7 Å². The highest BCUT2D eigenvalue weighted by molar-refractivity contribution is 7.84. The molecule has 1 aromatic carbocycles. The van der Waals surface area contributed by atoms with Gasteiger partial charge in [-0.2, -0.15) is 0 Å². The second-order valence-corrected chi connectivity index (χ2v) is 8.20. The van der Waals surface area contributed by atoms with Crippen molar-refractivity contribution in [3.05, 3.63) is 34.9 Å². The zero-order chi connectivity index (χ0) is 15.3. The van der Waals surface area contributed by atoms with E-state index in [9.17, 15) is 9.00 Å². The van der Waals surface area contributed by atoms with E-state index in [-0.39, 0.29) is 12.4 Å². The Balaban J connectivity index is 2.18. The fourth-order valence-electron chi connectivity index (χ4n) is 3.39. The van der Waals surface area contributed by atoms with Crippen LogP contribution in [0.3, 0.4) is 0 Å². The van der Waals surface area contributed by atoms with E-state index in [4.69, 9.17) is 4.74 Å². The van der Waals surface area contributed by atoms with Crippen LogP contribution < -0.4 is 4.72 Å². The Hall–Kier alpha value is -1.20. The number of fused-ring (bicyclic) bond motifs is 1. The Morgan fingerprint density at radius 1 is 1.43 bits per heavy atom. The summed E-state index contributed by atoms with van der Waals surface area (Å²) in [7, 11) is 0.141. The van der Waals surface area contributed by atoms with Crippen molar-refractivity contribution in [2.75, 3.05) is 7.11 Å². The fraction of sp³-hybridized carbons (Fsp3) is 0.562. The Labute approximate surface area is 127 Å². The van der Waals surface area contributed by atoms with Crippen molar-refractivity contribution in [1.82, 2.24) is 4.72 Å². The van der Waals surface area contributed by atoms with Crippen LogP contribution in [0.1, 0.15) is 49.8 Å². The normalized spacial score (nSPS) is 29.6. The molecule has 4 nitrogen and oxygen atoms in total. The fourth-order valence-corrected chi connectivity index (χ4v) is 4.62. The van der Waals surface area contributed by atoms with Crippen LogP contribution in [0.4, 0.5) is 0 Å². The maximum absolute atomic E-state index is 12.8. The van der Waals surface area contributed by atoms with Gasteiger partial charge in [0.2, 0.25) is 0 Å². The zero-order valence-electron chi connectivity index (χ0n) is 12.7. The van der Waals surface area contributed by atoms with Gasteiger partial charge in [-0.1, -0.05) is 18.2 Å². The predicted octanol–water partition coefficient (Wildman–Crippen LogP) is 2.28. The molecule has 21 heavy (non-hydrogen) atoms. The molecule has 1 unspecified atom stereocenters. The SMILES string of the molecule is COC(=O)C[C@@]12CCCc3ccc(cc31)C(C)(C)S(=O)N2. The summed E-state index contributed by atoms with van der Waals surface area (Å²) in [6.07, 6.45) is 3.02. The Morgan fingerprint density at radius 3 is 2.90 bits per heavy atom. The van der Waals surface area contributed by atoms with Crippen molar-refractivity contribution in [2.24, 2.45) is 0 Å². The highest BCUT2D eigenvalue weighted by atomic mass is 32.2. The van der Waals surface area contributed by atoms with E-state index < -0.39 is 21.3 Å². The van der Waals surface area contributed by atoms with Crippen LogP contribution in [-0.2, 0) is 37.2 Å². The first-order valence-electron chi connectivity index (χ1n) is 7.29. The number of nitrogens with one attached hydrogen (secondary N) is 1. The van der Waals surface area contributed by atoms with Crippen LogP contribution >= 0.6 is 0 Å². The van der Waals surface area contributed by atoms with E-state index in [2.05, 4.69) is 22.9 Å². The summed E-state index contributed by atoms with van der Waals surface area (Å²) in [6.45, 7) is 3.95. The molecule has 0 radical (unpaired) electrons. The molecule has 5 heteroatoms. The number of hydrogen-bond donors (Lipinski definition) is 1. The van der Waals surface area contributed by atoms with E-state index in [0.717, 1.165) is 30.4 Å². The van der Waals surface area contributed by atoms with Crippen LogP contribution in [0, 0.1) is 0 Å². The lowest BCUT2D eigenvalue weighted by Crippen LogP contribution is -2.49. The van der Waals surface area contributed by atoms with Gasteiger partial charge in [0.1, 0.15) is 11.0 Å². The highest BCUT2D eigenvalue weighted by Gasteiger charge is 2.46. The quantitative estimate of drug-likeness (QED) is 0.853. The molecule has 1 aromatic rings. The highest BCUT2D eigenvalue weighted by Crippen LogP contribution is 2.44. The molecule has 3 rings (SSSR count). The minimum Gasteiger partial charge on any atom is -0.469 e. The van der Waals surface area contributed by atoms with Crippen LogP contribution in [-0.4, -0.2) is 17.3 Å². The number of hydrogen-bond acceptors (Lipinski definition) is 3. The lowest BCUT2D eigenvalue weighted by atomic mass is 9.74. The minimum atomic E-state index is -1.26. The monoisotopic (exact) mass is 307 g/mol. The zero-order valence-corrected chi connectivity index (χ0v) is 13.5. The minimum absolute atomic E-state index is 0.224. The van der Waals surface area contributed by atoms with Crippen molar-refractivity contribution in [3.63, 3.8) is 0 Å². The van der Waals surface area contributed by atoms with E-state index in [1.165, 1.54) is 12.7 Å². The van der Waals surface area contributed by atoms with E-state index in [1.54, 1.807) is 0 Å². The molecule has 2 bridgehead atoms. The lowest BCUT2D eigenvalue weighted by molar-refractivity contribution is -0.142. The topological polar surface area (TPSA) is 55.4 Å². The van der Waals surface area contributed by atoms with Gasteiger partial charge in [0, 0.05) is 0 Å². The maximum atomic E-state index is 12.8. The van der Waals surface area contributed by atoms with Crippen molar-refractivity contribution in [2.45, 2.75) is 49.8 Å². The maximum Gasteiger partial charge on any atom is 0.307 e. The average Bonchev–Trinajstić information content (AvgIpc) is 2.53. The van der Waals surface area contributed by atoms with Gasteiger partial charge in [0.15, 0.2) is 0 Å². The summed E-state index contributed by atoms with van der Waals surface area (Å²) in [5.74, 6) is -0.266. The summed E-state index contributed by atoms with van der Waals surface area (Å²) in [5, 5.41) is 0. The molecule has 0 spiro atoms. The van der Waals surface area contributed by atoms with Gasteiger partial charge in [-0.15, -0.1) is 0 Å². The van der Waals surface area contributed by atoms with E-state index >= 15 is 0 Å². The first-order chi connectivity index (χ1) is 9.89. The smallest absolute Gasteiger partial charge is 0.307 e. The molecule has 1 N–H and O–H groups in total. The summed E-state index contributed by atoms with van der Waals surface area (Å²) in [4.78, 5) is 11.9. The number of carbonyl (C=O) groups excluding carboxylic acids is 1. The summed E-state index contributed by atoms with van der Waals surface area (Å²) >= 11 is 0. The van der Waals surface area contributed by atoms with Crippen molar-refractivity contribution in [1.29, 1.82) is 0 Å². The second kappa shape index (κ2) is 4.92. The van der Waals surface area contributed by atoms with Crippen LogP contribution in [0.5, 0.6) is 0 Å². The van der Waals surface area contributed by atoms with Gasteiger partial charge in [-0.05, 0) is 49.8 Å². The molecule has 0 amide bonds. The van der Waals surface area contributed by atoms with Gasteiger partial charge in [0.25, 0.3) is 0 Å². The molecule has 2 aliphatic rings. The van der Waals surface area contributed by atoms with Crippen LogP contribution in [0.25, 0.3) is 0 Å². The number of benzene rings is 1. The molecule has 0 fully saturated rings. The molecule has 114 valence electrons. The molecule has 2 atom stereocenters. The Morgan fingerprint density at radius 2 is 2.19 bits per heavy atom. The average molecular weight is 307 g/mol. The summed E-state index contributed by atoms with van der Waals surface area (Å²) in [5.41, 5.74) is 2.86. The molecule has 0 saturated heterocycles. The number of rotatable bonds is 2. The molecular weight excluding hydrogens is 286 g/mol. The first-order valence-corrected chi connectivity index (χ1v) is 8.44. The third-order valence-electron chi connectivity index (χ3n) is 4.80. The molecule has 1 aliphatic heterocycles. The van der Waals surface area contributed by atoms with Gasteiger partial charge in [0.05, 0.1) is 23.8 Å². The van der Waals surface area contributed by atoms with Crippen LogP contribution in [0.2, 0.25) is 0 Å². The number of methoxy groups -OCH3 is 1. The van der Waals surface area contributed by atoms with Gasteiger partial charge in [-0.3, -0.25) is 4.79 Å². The Bertz CT molecular complexity index is 626. The predicted molar refractivity (Wildman–Crippen MR) is 82.0 cm³/mol. The van der Waals surface area contributed by atoms with E-state index in [1.807, 2.05) is 13.8 Å². The number of carbonyl (C=O) groups is 1. The largest absolute Gasteiger partial charge is 0.469 e. The van der Waals surface area contributed by atoms with Crippen LogP contribution in [0.15, 0.2) is 18.2 Å². The van der Waals surface area contributed by atoms with Gasteiger partial charge in [-0.25, -0.2) is 8.93 Å². The van der Waals surface area contributed by atoms with Gasteiger partial charge >= 0.3 is 5.97 Å². The van der Waals surface area contributed by atoms with Crippen molar-refractivity contribution in [3.8, 4) is 0 Å². The third kappa shape index (κ3) is 2.23. The molecule has 0 aromatic heterocycles. The summed E-state index contributed by atoms with van der Waals surface area (Å²) < 4.78 is 20.5. The molecule has 1 aliphatic carbocycles. The third-order valence-corrected chi connectivity index (χ3v) is 6.53. The number of aryl methyl sites for hydroxylation is 1. The molecular formula is C16H21NO3S. The van der Waals surface area contributed by atoms with Gasteiger partial charge < -0.3 is 4.74 Å². The standard InChI is InChI=1S/C16H21NO3S/c1-15(2)12-7-6-11-5-4-8-16(13(11)9-12,17-21(15)19)10-14(18)20-3/h6-7,9,17H,4-5,8,10H2,1-3H3/t16-,21?/m0/s1. The van der Waals surface area contributed by atoms with Crippen molar-refractivity contribution >= 4 is 17.0 Å². The number of esters is 1. The second-order valence-electron chi connectivity index (χ2n) is 6.44.